The molecule has 19 heavy (non-hydrogen) atoms. The molecule has 100 valence electrons. The molecule has 1 aliphatic rings. The fourth-order valence-corrected chi connectivity index (χ4v) is 2.83. The Morgan fingerprint density at radius 1 is 1.26 bits per heavy atom. The van der Waals surface area contributed by atoms with E-state index < -0.39 is 0 Å². The lowest BCUT2D eigenvalue weighted by atomic mass is 9.95. The molecule has 0 aliphatic carbocycles. The lowest BCUT2D eigenvalue weighted by Gasteiger charge is -2.32. The Kier molecular flexibility index (Phi) is 3.89. The van der Waals surface area contributed by atoms with Crippen LogP contribution in [0.25, 0.3) is 0 Å². The molecule has 4 heteroatoms. The Balaban J connectivity index is 1.54. The highest BCUT2D eigenvalue weighted by Crippen LogP contribution is 2.25. The second-order valence-electron chi connectivity index (χ2n) is 5.22. The summed E-state index contributed by atoms with van der Waals surface area (Å²) in [4.78, 5) is 6.93. The molecule has 1 unspecified atom stereocenters. The monoisotopic (exact) mass is 256 g/mol. The fraction of sp³-hybridized carbons (Fsp3) is 0.467. The van der Waals surface area contributed by atoms with Crippen LogP contribution in [-0.2, 0) is 6.42 Å². The molecule has 0 spiro atoms. The Morgan fingerprint density at radius 3 is 3.05 bits per heavy atom. The van der Waals surface area contributed by atoms with E-state index in [0.717, 1.165) is 19.5 Å². The molecular formula is C15H20N4. The molecule has 1 atom stereocenters. The molecule has 4 nitrogen and oxygen atoms in total. The van der Waals surface area contributed by atoms with Gasteiger partial charge < -0.3 is 4.90 Å². The Labute approximate surface area is 113 Å². The van der Waals surface area contributed by atoms with Crippen LogP contribution in [0.15, 0.2) is 36.7 Å². The molecule has 0 aromatic carbocycles. The van der Waals surface area contributed by atoms with Crippen molar-refractivity contribution in [1.82, 2.24) is 20.1 Å². The number of nitrogens with zero attached hydrogens (tertiary/aromatic N) is 3. The lowest BCUT2D eigenvalue weighted by molar-refractivity contribution is 0.208. The van der Waals surface area contributed by atoms with Gasteiger partial charge in [0.2, 0.25) is 0 Å². The molecule has 3 rings (SSSR count). The molecule has 2 aromatic rings. The summed E-state index contributed by atoms with van der Waals surface area (Å²) in [5.74, 6) is 0.611. The summed E-state index contributed by atoms with van der Waals surface area (Å²) in [6, 6.07) is 8.24. The minimum absolute atomic E-state index is 0.611. The van der Waals surface area contributed by atoms with E-state index in [1.807, 2.05) is 18.5 Å². The molecule has 0 saturated carbocycles. The summed E-state index contributed by atoms with van der Waals surface area (Å²) in [6.45, 7) is 3.44. The maximum atomic E-state index is 4.39. The third-order valence-corrected chi connectivity index (χ3v) is 3.88. The predicted molar refractivity (Wildman–Crippen MR) is 74.9 cm³/mol. The zero-order valence-electron chi connectivity index (χ0n) is 11.1. The largest absolute Gasteiger partial charge is 0.302 e. The maximum Gasteiger partial charge on any atom is 0.0490 e. The Hall–Kier alpha value is -1.68. The van der Waals surface area contributed by atoms with Gasteiger partial charge in [-0.2, -0.15) is 5.10 Å². The quantitative estimate of drug-likeness (QED) is 0.912. The average Bonchev–Trinajstić information content (AvgIpc) is 3.01. The van der Waals surface area contributed by atoms with E-state index in [4.69, 9.17) is 0 Å². The lowest BCUT2D eigenvalue weighted by Crippen LogP contribution is -2.36. The van der Waals surface area contributed by atoms with Crippen molar-refractivity contribution in [1.29, 1.82) is 0 Å². The summed E-state index contributed by atoms with van der Waals surface area (Å²) in [5.41, 5.74) is 2.47. The van der Waals surface area contributed by atoms with Gasteiger partial charge in [-0.15, -0.1) is 0 Å². The SMILES string of the molecule is c1ccc(CCN2CCCC(c3ccn[nH]3)C2)nc1. The van der Waals surface area contributed by atoms with Crippen molar-refractivity contribution in [2.45, 2.75) is 25.2 Å². The van der Waals surface area contributed by atoms with Crippen molar-refractivity contribution < 1.29 is 0 Å². The van der Waals surface area contributed by atoms with Gasteiger partial charge in [0.1, 0.15) is 0 Å². The van der Waals surface area contributed by atoms with Gasteiger partial charge in [0.25, 0.3) is 0 Å². The van der Waals surface area contributed by atoms with Gasteiger partial charge in [0.15, 0.2) is 0 Å². The molecule has 0 amide bonds. The van der Waals surface area contributed by atoms with E-state index >= 15 is 0 Å². The number of pyridine rings is 1. The standard InChI is InChI=1S/C15H20N4/c1-2-8-16-14(5-1)7-11-19-10-3-4-13(12-19)15-6-9-17-18-15/h1-2,5-6,8-9,13H,3-4,7,10-12H2,(H,17,18). The van der Waals surface area contributed by atoms with E-state index in [-0.39, 0.29) is 0 Å². The first kappa shape index (κ1) is 12.4. The topological polar surface area (TPSA) is 44.8 Å². The minimum Gasteiger partial charge on any atom is -0.302 e. The molecule has 1 aliphatic heterocycles. The Bertz CT molecular complexity index is 480. The number of likely N-dealkylation sites (tertiary alicyclic amines) is 1. The van der Waals surface area contributed by atoms with Crippen LogP contribution < -0.4 is 0 Å². The van der Waals surface area contributed by atoms with Crippen LogP contribution in [0.2, 0.25) is 0 Å². The average molecular weight is 256 g/mol. The van der Waals surface area contributed by atoms with Crippen LogP contribution in [0.1, 0.15) is 30.1 Å². The number of piperidine rings is 1. The second kappa shape index (κ2) is 5.97. The number of hydrogen-bond donors (Lipinski definition) is 1. The fourth-order valence-electron chi connectivity index (χ4n) is 2.83. The number of aromatic amines is 1. The van der Waals surface area contributed by atoms with Crippen LogP contribution >= 0.6 is 0 Å². The summed E-state index contributed by atoms with van der Waals surface area (Å²) < 4.78 is 0. The highest BCUT2D eigenvalue weighted by atomic mass is 15.1. The summed E-state index contributed by atoms with van der Waals surface area (Å²) >= 11 is 0. The normalized spacial score (nSPS) is 20.5. The number of aromatic nitrogens is 3. The van der Waals surface area contributed by atoms with Crippen LogP contribution in [-0.4, -0.2) is 39.7 Å². The van der Waals surface area contributed by atoms with Gasteiger partial charge in [-0.05, 0) is 37.6 Å². The van der Waals surface area contributed by atoms with Gasteiger partial charge in [0, 0.05) is 49.2 Å². The van der Waals surface area contributed by atoms with Crippen molar-refractivity contribution in [2.75, 3.05) is 19.6 Å². The first-order valence-electron chi connectivity index (χ1n) is 7.03. The number of hydrogen-bond acceptors (Lipinski definition) is 3. The third kappa shape index (κ3) is 3.20. The molecular weight excluding hydrogens is 236 g/mol. The minimum atomic E-state index is 0.611. The highest BCUT2D eigenvalue weighted by molar-refractivity contribution is 5.08. The van der Waals surface area contributed by atoms with Crippen molar-refractivity contribution in [3.05, 3.63) is 48.0 Å². The van der Waals surface area contributed by atoms with E-state index in [1.54, 1.807) is 0 Å². The third-order valence-electron chi connectivity index (χ3n) is 3.88. The first-order chi connectivity index (χ1) is 9.42. The number of rotatable bonds is 4. The summed E-state index contributed by atoms with van der Waals surface area (Å²) in [5, 5.41) is 7.17. The van der Waals surface area contributed by atoms with E-state index in [9.17, 15) is 0 Å². The van der Waals surface area contributed by atoms with Crippen LogP contribution in [0.4, 0.5) is 0 Å². The van der Waals surface area contributed by atoms with Gasteiger partial charge in [0.05, 0.1) is 0 Å². The molecule has 1 fully saturated rings. The predicted octanol–water partition coefficient (Wildman–Crippen LogP) is 2.23. The van der Waals surface area contributed by atoms with Crippen LogP contribution in [0, 0.1) is 0 Å². The number of H-pyrrole nitrogens is 1. The highest BCUT2D eigenvalue weighted by Gasteiger charge is 2.21. The van der Waals surface area contributed by atoms with Crippen molar-refractivity contribution in [2.24, 2.45) is 0 Å². The maximum absolute atomic E-state index is 4.39. The van der Waals surface area contributed by atoms with Gasteiger partial charge in [-0.1, -0.05) is 6.07 Å². The van der Waals surface area contributed by atoms with E-state index in [0.29, 0.717) is 5.92 Å². The molecule has 2 aromatic heterocycles. The van der Waals surface area contributed by atoms with Crippen molar-refractivity contribution >= 4 is 0 Å². The molecule has 0 bridgehead atoms. The summed E-state index contributed by atoms with van der Waals surface area (Å²) in [7, 11) is 0. The van der Waals surface area contributed by atoms with Gasteiger partial charge in [-0.25, -0.2) is 0 Å². The molecule has 1 saturated heterocycles. The number of nitrogens with one attached hydrogen (secondary N) is 1. The molecule has 1 N–H and O–H groups in total. The molecule has 0 radical (unpaired) electrons. The van der Waals surface area contributed by atoms with Crippen molar-refractivity contribution in [3.63, 3.8) is 0 Å². The summed E-state index contributed by atoms with van der Waals surface area (Å²) in [6.07, 6.45) is 7.30. The zero-order valence-corrected chi connectivity index (χ0v) is 11.1. The van der Waals surface area contributed by atoms with Crippen LogP contribution in [0.5, 0.6) is 0 Å². The van der Waals surface area contributed by atoms with Gasteiger partial charge in [-0.3, -0.25) is 10.1 Å². The zero-order chi connectivity index (χ0) is 12.9. The van der Waals surface area contributed by atoms with Crippen molar-refractivity contribution in [3.8, 4) is 0 Å². The van der Waals surface area contributed by atoms with Crippen LogP contribution in [0.3, 0.4) is 0 Å². The molecule has 3 heterocycles. The second-order valence-corrected chi connectivity index (χ2v) is 5.22. The Morgan fingerprint density at radius 2 is 2.26 bits per heavy atom. The van der Waals surface area contributed by atoms with E-state index in [1.165, 1.54) is 30.8 Å². The smallest absolute Gasteiger partial charge is 0.0490 e. The van der Waals surface area contributed by atoms with Gasteiger partial charge >= 0.3 is 0 Å². The first-order valence-corrected chi connectivity index (χ1v) is 7.03. The van der Waals surface area contributed by atoms with E-state index in [2.05, 4.69) is 38.3 Å².